The molecule has 3 atom stereocenters. The van der Waals surface area contributed by atoms with Crippen LogP contribution in [0.15, 0.2) is 0 Å². The van der Waals surface area contributed by atoms with Gasteiger partial charge in [-0.05, 0) is 18.3 Å². The smallest absolute Gasteiger partial charge is 0.202 e. The summed E-state index contributed by atoms with van der Waals surface area (Å²) in [5.74, 6) is 2.48. The molecule has 1 fully saturated rings. The third-order valence-corrected chi connectivity index (χ3v) is 4.76. The summed E-state index contributed by atoms with van der Waals surface area (Å²) in [7, 11) is 0. The molecule has 0 saturated heterocycles. The van der Waals surface area contributed by atoms with Gasteiger partial charge >= 0.3 is 0 Å². The third-order valence-electron chi connectivity index (χ3n) is 4.11. The van der Waals surface area contributed by atoms with Gasteiger partial charge in [0, 0.05) is 23.0 Å². The molecule has 3 unspecified atom stereocenters. The molecule has 1 saturated carbocycles. The fraction of sp³-hybridized carbons (Fsp3) is 0.857. The van der Waals surface area contributed by atoms with E-state index in [1.807, 2.05) is 0 Å². The van der Waals surface area contributed by atoms with Crippen molar-refractivity contribution in [1.82, 2.24) is 9.36 Å². The van der Waals surface area contributed by atoms with Gasteiger partial charge in [0.25, 0.3) is 0 Å². The first-order valence-electron chi connectivity index (χ1n) is 6.98. The molecule has 1 heterocycles. The van der Waals surface area contributed by atoms with Crippen molar-refractivity contribution in [2.24, 2.45) is 11.8 Å². The maximum Gasteiger partial charge on any atom is 0.202 e. The zero-order valence-electron chi connectivity index (χ0n) is 12.2. The molecular weight excluding hydrogens is 242 g/mol. The van der Waals surface area contributed by atoms with E-state index >= 15 is 0 Å². The van der Waals surface area contributed by atoms with Gasteiger partial charge < -0.3 is 5.32 Å². The van der Waals surface area contributed by atoms with E-state index in [9.17, 15) is 0 Å². The maximum absolute atomic E-state index is 4.63. The highest BCUT2D eigenvalue weighted by molar-refractivity contribution is 7.09. The number of aromatic nitrogens is 2. The molecule has 3 nitrogen and oxygen atoms in total. The number of hydrogen-bond acceptors (Lipinski definition) is 4. The quantitative estimate of drug-likeness (QED) is 0.877. The van der Waals surface area contributed by atoms with Gasteiger partial charge in [-0.1, -0.05) is 47.5 Å². The van der Waals surface area contributed by atoms with E-state index in [0.29, 0.717) is 6.04 Å². The summed E-state index contributed by atoms with van der Waals surface area (Å²) in [5, 5.41) is 4.59. The van der Waals surface area contributed by atoms with Gasteiger partial charge in [-0.25, -0.2) is 4.98 Å². The largest absolute Gasteiger partial charge is 0.357 e. The Morgan fingerprint density at radius 1 is 1.22 bits per heavy atom. The van der Waals surface area contributed by atoms with Crippen molar-refractivity contribution >= 4 is 16.7 Å². The second-order valence-corrected chi connectivity index (χ2v) is 7.44. The Balaban J connectivity index is 2.03. The van der Waals surface area contributed by atoms with Crippen molar-refractivity contribution in [2.45, 2.75) is 65.3 Å². The predicted molar refractivity (Wildman–Crippen MR) is 78.2 cm³/mol. The molecule has 1 N–H and O–H groups in total. The van der Waals surface area contributed by atoms with Crippen LogP contribution in [0.3, 0.4) is 0 Å². The molecule has 0 spiro atoms. The highest BCUT2D eigenvalue weighted by atomic mass is 32.1. The van der Waals surface area contributed by atoms with Crippen LogP contribution in [-0.4, -0.2) is 15.4 Å². The van der Waals surface area contributed by atoms with E-state index in [1.54, 1.807) is 0 Å². The Morgan fingerprint density at radius 2 is 1.94 bits per heavy atom. The van der Waals surface area contributed by atoms with E-state index in [2.05, 4.69) is 49.3 Å². The number of rotatable bonds is 2. The lowest BCUT2D eigenvalue weighted by atomic mass is 9.78. The highest BCUT2D eigenvalue weighted by Crippen LogP contribution is 2.32. The molecule has 2 rings (SSSR count). The minimum atomic E-state index is 0.0436. The van der Waals surface area contributed by atoms with E-state index < -0.39 is 0 Å². The van der Waals surface area contributed by atoms with Gasteiger partial charge in [-0.3, -0.25) is 0 Å². The summed E-state index contributed by atoms with van der Waals surface area (Å²) in [5.41, 5.74) is 0.0436. The van der Waals surface area contributed by atoms with Crippen LogP contribution in [0.4, 0.5) is 5.13 Å². The van der Waals surface area contributed by atoms with Gasteiger partial charge in [-0.15, -0.1) is 0 Å². The number of nitrogens with zero attached hydrogens (tertiary/aromatic N) is 2. The van der Waals surface area contributed by atoms with Crippen LogP contribution in [0.2, 0.25) is 0 Å². The molecule has 0 amide bonds. The van der Waals surface area contributed by atoms with Crippen LogP contribution in [0.25, 0.3) is 0 Å². The number of anilines is 1. The Bertz CT molecular complexity index is 394. The van der Waals surface area contributed by atoms with Crippen molar-refractivity contribution in [2.75, 3.05) is 5.32 Å². The molecule has 0 aliphatic heterocycles. The van der Waals surface area contributed by atoms with Crippen molar-refractivity contribution in [3.63, 3.8) is 0 Å². The lowest BCUT2D eigenvalue weighted by molar-refractivity contribution is 0.253. The molecule has 1 aromatic heterocycles. The normalized spacial score (nSPS) is 29.3. The average Bonchev–Trinajstić information content (AvgIpc) is 2.73. The average molecular weight is 267 g/mol. The van der Waals surface area contributed by atoms with Crippen LogP contribution < -0.4 is 5.32 Å². The van der Waals surface area contributed by atoms with Gasteiger partial charge in [-0.2, -0.15) is 4.37 Å². The molecule has 1 aromatic rings. The zero-order chi connectivity index (χ0) is 13.3. The van der Waals surface area contributed by atoms with Crippen LogP contribution in [-0.2, 0) is 5.41 Å². The van der Waals surface area contributed by atoms with Crippen molar-refractivity contribution < 1.29 is 0 Å². The van der Waals surface area contributed by atoms with Crippen molar-refractivity contribution in [3.8, 4) is 0 Å². The van der Waals surface area contributed by atoms with Crippen molar-refractivity contribution in [1.29, 1.82) is 0 Å². The first kappa shape index (κ1) is 13.8. The SMILES string of the molecule is CC1CCCC(Nc2nc(C(C)(C)C)ns2)C1C. The fourth-order valence-electron chi connectivity index (χ4n) is 2.53. The topological polar surface area (TPSA) is 37.8 Å². The van der Waals surface area contributed by atoms with E-state index in [-0.39, 0.29) is 5.41 Å². The summed E-state index contributed by atoms with van der Waals surface area (Å²) >= 11 is 1.50. The molecule has 1 aliphatic rings. The Kier molecular flexibility index (Phi) is 3.95. The first-order chi connectivity index (χ1) is 8.38. The number of nitrogens with one attached hydrogen (secondary N) is 1. The second-order valence-electron chi connectivity index (χ2n) is 6.69. The Morgan fingerprint density at radius 3 is 2.56 bits per heavy atom. The minimum absolute atomic E-state index is 0.0436. The first-order valence-corrected chi connectivity index (χ1v) is 7.76. The van der Waals surface area contributed by atoms with Crippen molar-refractivity contribution in [3.05, 3.63) is 5.82 Å². The van der Waals surface area contributed by atoms with E-state index in [4.69, 9.17) is 0 Å². The van der Waals surface area contributed by atoms with Crippen LogP contribution in [0.5, 0.6) is 0 Å². The predicted octanol–water partition coefficient (Wildman–Crippen LogP) is 4.07. The fourth-order valence-corrected chi connectivity index (χ4v) is 3.35. The molecule has 18 heavy (non-hydrogen) atoms. The lowest BCUT2D eigenvalue weighted by Crippen LogP contribution is -2.35. The van der Waals surface area contributed by atoms with Gasteiger partial charge in [0.1, 0.15) is 5.82 Å². The molecule has 4 heteroatoms. The Labute approximate surface area is 115 Å². The second kappa shape index (κ2) is 5.16. The van der Waals surface area contributed by atoms with Crippen LogP contribution in [0.1, 0.15) is 59.7 Å². The molecular formula is C14H25N3S. The van der Waals surface area contributed by atoms with E-state index in [1.165, 1.54) is 30.8 Å². The summed E-state index contributed by atoms with van der Waals surface area (Å²) in [6.45, 7) is 11.2. The maximum atomic E-state index is 4.63. The molecule has 0 aromatic carbocycles. The van der Waals surface area contributed by atoms with E-state index in [0.717, 1.165) is 22.8 Å². The molecule has 0 radical (unpaired) electrons. The molecule has 0 bridgehead atoms. The highest BCUT2D eigenvalue weighted by Gasteiger charge is 2.28. The van der Waals surface area contributed by atoms with Gasteiger partial charge in [0.15, 0.2) is 0 Å². The summed E-state index contributed by atoms with van der Waals surface area (Å²) in [6.07, 6.45) is 3.95. The third kappa shape index (κ3) is 3.02. The van der Waals surface area contributed by atoms with Crippen LogP contribution in [0, 0.1) is 11.8 Å². The summed E-state index contributed by atoms with van der Waals surface area (Å²) in [4.78, 5) is 4.63. The standard InChI is InChI=1S/C14H25N3S/c1-9-7-6-8-11(10(9)2)15-13-16-12(17-18-13)14(3,4)5/h9-11H,6-8H2,1-5H3,(H,15,16,17). The van der Waals surface area contributed by atoms with Crippen LogP contribution >= 0.6 is 11.5 Å². The minimum Gasteiger partial charge on any atom is -0.357 e. The summed E-state index contributed by atoms with van der Waals surface area (Å²) in [6, 6.07) is 0.564. The zero-order valence-corrected chi connectivity index (χ0v) is 13.0. The monoisotopic (exact) mass is 267 g/mol. The van der Waals surface area contributed by atoms with Gasteiger partial charge in [0.2, 0.25) is 5.13 Å². The molecule has 102 valence electrons. The summed E-state index contributed by atoms with van der Waals surface area (Å²) < 4.78 is 4.47. The molecule has 1 aliphatic carbocycles. The number of hydrogen-bond donors (Lipinski definition) is 1. The Hall–Kier alpha value is -0.640. The van der Waals surface area contributed by atoms with Gasteiger partial charge in [0.05, 0.1) is 0 Å². The lowest BCUT2D eigenvalue weighted by Gasteiger charge is -2.34.